The molecule has 2 aliphatic heterocycles. The number of aromatic nitrogens is 1. The number of ether oxygens (including phenoxy) is 2. The first-order chi connectivity index (χ1) is 12.5. The lowest BCUT2D eigenvalue weighted by atomic mass is 10.2. The molecular weight excluding hydrogens is 358 g/mol. The fourth-order valence-corrected chi connectivity index (χ4v) is 4.03. The number of methoxy groups -OCH3 is 1. The van der Waals surface area contributed by atoms with Crippen LogP contribution >= 0.6 is 11.3 Å². The number of carbonyl (C=O) groups is 3. The quantitative estimate of drug-likeness (QED) is 0.573. The Hall–Kier alpha value is -2.68. The molecule has 0 aliphatic carbocycles. The fourth-order valence-electron chi connectivity index (χ4n) is 3.03. The van der Waals surface area contributed by atoms with Crippen LogP contribution < -0.4 is 9.64 Å². The van der Waals surface area contributed by atoms with Crippen molar-refractivity contribution in [3.05, 3.63) is 18.2 Å². The predicted molar refractivity (Wildman–Crippen MR) is 94.2 cm³/mol. The summed E-state index contributed by atoms with van der Waals surface area (Å²) in [6.45, 7) is 0.776. The monoisotopic (exact) mass is 375 g/mol. The number of carbonyl (C=O) groups excluding carboxylic acids is 3. The number of anilines is 1. The lowest BCUT2D eigenvalue weighted by Gasteiger charge is -2.38. The minimum atomic E-state index is -0.552. The Morgan fingerprint density at radius 3 is 2.69 bits per heavy atom. The summed E-state index contributed by atoms with van der Waals surface area (Å²) >= 11 is 1.56. The van der Waals surface area contributed by atoms with Crippen molar-refractivity contribution in [3.63, 3.8) is 0 Å². The Kier molecular flexibility index (Phi) is 4.23. The van der Waals surface area contributed by atoms with Crippen molar-refractivity contribution in [2.45, 2.75) is 18.9 Å². The van der Waals surface area contributed by atoms with Crippen LogP contribution in [-0.4, -0.2) is 60.5 Å². The number of nitrogens with zero attached hydrogens (tertiary/aromatic N) is 3. The predicted octanol–water partition coefficient (Wildman–Crippen LogP) is 1.19. The molecule has 2 aromatic rings. The summed E-state index contributed by atoms with van der Waals surface area (Å²) < 4.78 is 11.7. The minimum Gasteiger partial charge on any atom is -0.494 e. The third-order valence-corrected chi connectivity index (χ3v) is 5.53. The van der Waals surface area contributed by atoms with Gasteiger partial charge in [0.05, 0.1) is 24.9 Å². The van der Waals surface area contributed by atoms with Crippen molar-refractivity contribution >= 4 is 44.5 Å². The number of esters is 1. The van der Waals surface area contributed by atoms with Gasteiger partial charge in [-0.15, -0.1) is 0 Å². The molecule has 1 aromatic heterocycles. The zero-order valence-corrected chi connectivity index (χ0v) is 15.0. The molecule has 0 saturated carbocycles. The van der Waals surface area contributed by atoms with Gasteiger partial charge in [-0.1, -0.05) is 17.4 Å². The highest BCUT2D eigenvalue weighted by molar-refractivity contribution is 7.22. The molecule has 8 nitrogen and oxygen atoms in total. The van der Waals surface area contributed by atoms with E-state index in [2.05, 4.69) is 4.98 Å². The van der Waals surface area contributed by atoms with Gasteiger partial charge >= 0.3 is 5.97 Å². The van der Waals surface area contributed by atoms with E-state index in [1.54, 1.807) is 18.4 Å². The number of fused-ring (bicyclic) bond motifs is 1. The fraction of sp³-hybridized carbons (Fsp3) is 0.412. The smallest absolute Gasteiger partial charge is 0.326 e. The van der Waals surface area contributed by atoms with E-state index in [4.69, 9.17) is 9.47 Å². The molecule has 2 amide bonds. The normalized spacial score (nSPS) is 17.7. The molecule has 3 heterocycles. The first-order valence-electron chi connectivity index (χ1n) is 8.26. The summed E-state index contributed by atoms with van der Waals surface area (Å²) in [4.78, 5) is 42.6. The van der Waals surface area contributed by atoms with Gasteiger partial charge in [0.15, 0.2) is 5.13 Å². The minimum absolute atomic E-state index is 0.171. The molecule has 136 valence electrons. The van der Waals surface area contributed by atoms with E-state index in [1.807, 2.05) is 23.1 Å². The highest BCUT2D eigenvalue weighted by atomic mass is 32.1. The molecule has 1 aromatic carbocycles. The number of para-hydroxylation sites is 1. The SMILES string of the molecule is COc1cccc2sc(N3CC(OC(=O)CN4C(=O)CCC4=O)C3)nc12. The van der Waals surface area contributed by atoms with E-state index in [0.717, 1.165) is 26.0 Å². The van der Waals surface area contributed by atoms with Crippen LogP contribution in [0.4, 0.5) is 5.13 Å². The number of hydrogen-bond donors (Lipinski definition) is 0. The van der Waals surface area contributed by atoms with Crippen LogP contribution in [0.2, 0.25) is 0 Å². The second kappa shape index (κ2) is 6.56. The molecule has 2 fully saturated rings. The van der Waals surface area contributed by atoms with Crippen molar-refractivity contribution in [2.75, 3.05) is 31.6 Å². The van der Waals surface area contributed by atoms with Crippen molar-refractivity contribution in [1.82, 2.24) is 9.88 Å². The third kappa shape index (κ3) is 2.98. The van der Waals surface area contributed by atoms with Crippen LogP contribution in [0.15, 0.2) is 18.2 Å². The lowest BCUT2D eigenvalue weighted by Crippen LogP contribution is -2.53. The van der Waals surface area contributed by atoms with Gasteiger partial charge in [0.2, 0.25) is 11.8 Å². The van der Waals surface area contributed by atoms with Crippen molar-refractivity contribution in [3.8, 4) is 5.75 Å². The average molecular weight is 375 g/mol. The number of benzene rings is 1. The van der Waals surface area contributed by atoms with Crippen LogP contribution in [0.3, 0.4) is 0 Å². The zero-order valence-electron chi connectivity index (χ0n) is 14.1. The van der Waals surface area contributed by atoms with Crippen molar-refractivity contribution < 1.29 is 23.9 Å². The van der Waals surface area contributed by atoms with E-state index < -0.39 is 5.97 Å². The first kappa shape index (κ1) is 16.8. The Morgan fingerprint density at radius 1 is 1.27 bits per heavy atom. The lowest BCUT2D eigenvalue weighted by molar-refractivity contribution is -0.156. The van der Waals surface area contributed by atoms with Crippen molar-refractivity contribution in [1.29, 1.82) is 0 Å². The van der Waals surface area contributed by atoms with Gasteiger partial charge in [-0.25, -0.2) is 4.98 Å². The van der Waals surface area contributed by atoms with Crippen LogP contribution in [0.25, 0.3) is 10.2 Å². The van der Waals surface area contributed by atoms with Crippen LogP contribution in [-0.2, 0) is 19.1 Å². The highest BCUT2D eigenvalue weighted by Crippen LogP contribution is 2.35. The summed E-state index contributed by atoms with van der Waals surface area (Å²) in [6, 6.07) is 5.78. The summed E-state index contributed by atoms with van der Waals surface area (Å²) in [5.41, 5.74) is 0.821. The summed E-state index contributed by atoms with van der Waals surface area (Å²) in [5, 5.41) is 0.849. The second-order valence-corrected chi connectivity index (χ2v) is 7.20. The molecule has 2 aliphatic rings. The molecule has 0 N–H and O–H groups in total. The molecule has 4 rings (SSSR count). The van der Waals surface area contributed by atoms with Gasteiger partial charge in [-0.2, -0.15) is 0 Å². The molecule has 0 bridgehead atoms. The number of amides is 2. The maximum atomic E-state index is 11.9. The van der Waals surface area contributed by atoms with E-state index in [9.17, 15) is 14.4 Å². The van der Waals surface area contributed by atoms with Gasteiger partial charge < -0.3 is 14.4 Å². The van der Waals surface area contributed by atoms with E-state index in [1.165, 1.54) is 0 Å². The number of likely N-dealkylation sites (tertiary alicyclic amines) is 1. The molecular formula is C17H17N3O5S. The molecule has 26 heavy (non-hydrogen) atoms. The second-order valence-electron chi connectivity index (χ2n) is 6.19. The maximum absolute atomic E-state index is 11.9. The number of imide groups is 1. The Labute approximate surface area is 153 Å². The van der Waals surface area contributed by atoms with Gasteiger partial charge in [0.1, 0.15) is 23.9 Å². The van der Waals surface area contributed by atoms with Crippen LogP contribution in [0.1, 0.15) is 12.8 Å². The average Bonchev–Trinajstić information content (AvgIpc) is 3.15. The molecule has 0 atom stereocenters. The zero-order chi connectivity index (χ0) is 18.3. The van der Waals surface area contributed by atoms with Crippen LogP contribution in [0.5, 0.6) is 5.75 Å². The van der Waals surface area contributed by atoms with Gasteiger partial charge in [-0.3, -0.25) is 19.3 Å². The van der Waals surface area contributed by atoms with E-state index in [0.29, 0.717) is 13.1 Å². The summed E-state index contributed by atoms with van der Waals surface area (Å²) in [7, 11) is 1.61. The van der Waals surface area contributed by atoms with Gasteiger partial charge in [0.25, 0.3) is 0 Å². The highest BCUT2D eigenvalue weighted by Gasteiger charge is 2.35. The molecule has 2 saturated heterocycles. The summed E-state index contributed by atoms with van der Waals surface area (Å²) in [5.74, 6) is -0.450. The number of rotatable bonds is 5. The maximum Gasteiger partial charge on any atom is 0.326 e. The van der Waals surface area contributed by atoms with Crippen LogP contribution in [0, 0.1) is 0 Å². The standard InChI is InChI=1S/C17H17N3O5S/c1-24-11-3-2-4-12-16(11)18-17(26-12)19-7-10(8-19)25-15(23)9-20-13(21)5-6-14(20)22/h2-4,10H,5-9H2,1H3. The first-order valence-corrected chi connectivity index (χ1v) is 9.08. The molecule has 0 spiro atoms. The van der Waals surface area contributed by atoms with Crippen molar-refractivity contribution in [2.24, 2.45) is 0 Å². The molecule has 9 heteroatoms. The largest absolute Gasteiger partial charge is 0.494 e. The number of thiazole rings is 1. The Morgan fingerprint density at radius 2 is 2.00 bits per heavy atom. The number of hydrogen-bond acceptors (Lipinski definition) is 8. The molecule has 0 unspecified atom stereocenters. The third-order valence-electron chi connectivity index (χ3n) is 4.45. The Bertz CT molecular complexity index is 874. The van der Waals surface area contributed by atoms with E-state index >= 15 is 0 Å². The van der Waals surface area contributed by atoms with E-state index in [-0.39, 0.29) is 37.3 Å². The summed E-state index contributed by atoms with van der Waals surface area (Å²) in [6.07, 6.45) is 0.0821. The molecule has 0 radical (unpaired) electrons. The van der Waals surface area contributed by atoms with Gasteiger partial charge in [-0.05, 0) is 12.1 Å². The van der Waals surface area contributed by atoms with Gasteiger partial charge in [0, 0.05) is 12.8 Å². The Balaban J connectivity index is 1.33. The topological polar surface area (TPSA) is 89.0 Å².